The third-order valence-corrected chi connectivity index (χ3v) is 1.98. The van der Waals surface area contributed by atoms with Crippen LogP contribution in [0.15, 0.2) is 12.4 Å². The number of carboxylic acid groups (broad SMARTS) is 1. The minimum absolute atomic E-state index is 0.265. The Morgan fingerprint density at radius 3 is 2.83 bits per heavy atom. The fourth-order valence-corrected chi connectivity index (χ4v) is 1.14. The molecule has 0 spiro atoms. The smallest absolute Gasteiger partial charge is 0.325 e. The average Bonchev–Trinajstić information content (AvgIpc) is 2.63. The summed E-state index contributed by atoms with van der Waals surface area (Å²) in [6, 6.07) is -0.479. The largest absolute Gasteiger partial charge is 0.480 e. The molecule has 0 aromatic carbocycles. The summed E-state index contributed by atoms with van der Waals surface area (Å²) in [6.45, 7) is 3.10. The highest BCUT2D eigenvalue weighted by Crippen LogP contribution is 2.06. The molecular formula is C11H14N4O3. The molecule has 0 aliphatic heterocycles. The molecule has 0 atom stereocenters. The lowest BCUT2D eigenvalue weighted by Crippen LogP contribution is -2.44. The van der Waals surface area contributed by atoms with Crippen molar-refractivity contribution >= 4 is 17.7 Å². The highest BCUT2D eigenvalue weighted by Gasteiger charge is 2.17. The van der Waals surface area contributed by atoms with E-state index in [0.29, 0.717) is 5.69 Å². The summed E-state index contributed by atoms with van der Waals surface area (Å²) < 4.78 is 1.20. The monoisotopic (exact) mass is 250 g/mol. The first-order valence-corrected chi connectivity index (χ1v) is 5.13. The summed E-state index contributed by atoms with van der Waals surface area (Å²) in [4.78, 5) is 22.0. The second-order valence-corrected chi connectivity index (χ2v) is 4.17. The number of carbonyl (C=O) groups is 2. The van der Waals surface area contributed by atoms with Gasteiger partial charge in [0, 0.05) is 6.20 Å². The quantitative estimate of drug-likeness (QED) is 0.678. The van der Waals surface area contributed by atoms with Crippen molar-refractivity contribution in [1.29, 1.82) is 0 Å². The van der Waals surface area contributed by atoms with Crippen molar-refractivity contribution in [2.75, 3.05) is 5.32 Å². The normalized spacial score (nSPS) is 10.5. The summed E-state index contributed by atoms with van der Waals surface area (Å²) in [6.07, 6.45) is 8.00. The van der Waals surface area contributed by atoms with E-state index in [1.54, 1.807) is 13.8 Å². The van der Waals surface area contributed by atoms with Crippen LogP contribution in [0.1, 0.15) is 13.8 Å². The van der Waals surface area contributed by atoms with Crippen LogP contribution >= 0.6 is 0 Å². The van der Waals surface area contributed by atoms with Crippen molar-refractivity contribution in [3.05, 3.63) is 12.4 Å². The number of aromatic nitrogens is 2. The predicted molar refractivity (Wildman–Crippen MR) is 64.9 cm³/mol. The fraction of sp³-hybridized carbons (Fsp3) is 0.364. The van der Waals surface area contributed by atoms with Crippen molar-refractivity contribution in [3.8, 4) is 12.3 Å². The van der Waals surface area contributed by atoms with E-state index in [1.165, 1.54) is 17.1 Å². The second-order valence-electron chi connectivity index (χ2n) is 4.17. The SMILES string of the molecule is C#CC(C)(C)NC(=O)Nc1cnn(CC(=O)O)c1. The second kappa shape index (κ2) is 5.23. The number of aliphatic carboxylic acids is 1. The van der Waals surface area contributed by atoms with Gasteiger partial charge in [-0.25, -0.2) is 4.79 Å². The number of nitrogens with zero attached hydrogens (tertiary/aromatic N) is 2. The van der Waals surface area contributed by atoms with Crippen molar-refractivity contribution in [1.82, 2.24) is 15.1 Å². The molecule has 7 heteroatoms. The number of rotatable bonds is 4. The number of urea groups is 1. The zero-order valence-corrected chi connectivity index (χ0v) is 10.1. The van der Waals surface area contributed by atoms with Gasteiger partial charge in [-0.2, -0.15) is 5.10 Å². The summed E-state index contributed by atoms with van der Waals surface area (Å²) in [5, 5.41) is 17.4. The molecule has 1 aromatic heterocycles. The number of anilines is 1. The molecule has 0 saturated carbocycles. The molecule has 0 aliphatic rings. The van der Waals surface area contributed by atoms with Gasteiger partial charge in [0.05, 0.1) is 17.4 Å². The topological polar surface area (TPSA) is 96.3 Å². The van der Waals surface area contributed by atoms with Gasteiger partial charge in [0.25, 0.3) is 0 Å². The van der Waals surface area contributed by atoms with Crippen LogP contribution in [-0.2, 0) is 11.3 Å². The van der Waals surface area contributed by atoms with Crippen molar-refractivity contribution < 1.29 is 14.7 Å². The molecule has 0 bridgehead atoms. The average molecular weight is 250 g/mol. The van der Waals surface area contributed by atoms with Crippen LogP contribution in [0, 0.1) is 12.3 Å². The highest BCUT2D eigenvalue weighted by atomic mass is 16.4. The van der Waals surface area contributed by atoms with Crippen LogP contribution in [0.5, 0.6) is 0 Å². The Labute approximate surface area is 104 Å². The maximum absolute atomic E-state index is 11.5. The molecule has 0 saturated heterocycles. The molecule has 0 aliphatic carbocycles. The third kappa shape index (κ3) is 4.17. The predicted octanol–water partition coefficient (Wildman–Crippen LogP) is 0.501. The van der Waals surface area contributed by atoms with E-state index in [-0.39, 0.29) is 6.54 Å². The highest BCUT2D eigenvalue weighted by molar-refractivity contribution is 5.89. The van der Waals surface area contributed by atoms with Gasteiger partial charge in [-0.3, -0.25) is 9.48 Å². The number of nitrogens with one attached hydrogen (secondary N) is 2. The van der Waals surface area contributed by atoms with E-state index in [1.807, 2.05) is 0 Å². The maximum Gasteiger partial charge on any atom is 0.325 e. The number of carbonyl (C=O) groups excluding carboxylic acids is 1. The Kier molecular flexibility index (Phi) is 3.94. The Morgan fingerprint density at radius 1 is 1.61 bits per heavy atom. The standard InChI is InChI=1S/C11H14N4O3/c1-4-11(2,3)14-10(18)13-8-5-12-15(6-8)7-9(16)17/h1,5-6H,7H2,2-3H3,(H,16,17)(H2,13,14,18). The summed E-state index contributed by atoms with van der Waals surface area (Å²) in [7, 11) is 0. The van der Waals surface area contributed by atoms with E-state index in [2.05, 4.69) is 21.7 Å². The summed E-state index contributed by atoms with van der Waals surface area (Å²) in [5.74, 6) is 1.41. The number of carboxylic acids is 1. The van der Waals surface area contributed by atoms with Gasteiger partial charge in [0.2, 0.25) is 0 Å². The number of hydrogen-bond donors (Lipinski definition) is 3. The lowest BCUT2D eigenvalue weighted by Gasteiger charge is -2.19. The molecule has 96 valence electrons. The molecule has 0 unspecified atom stereocenters. The molecule has 2 amide bonds. The van der Waals surface area contributed by atoms with Crippen LogP contribution in [-0.4, -0.2) is 32.4 Å². The minimum Gasteiger partial charge on any atom is -0.480 e. The molecule has 1 aromatic rings. The van der Waals surface area contributed by atoms with Crippen LogP contribution in [0.2, 0.25) is 0 Å². The maximum atomic E-state index is 11.5. The number of amides is 2. The van der Waals surface area contributed by atoms with Crippen molar-refractivity contribution in [2.24, 2.45) is 0 Å². The van der Waals surface area contributed by atoms with Gasteiger partial charge in [-0.1, -0.05) is 5.92 Å². The van der Waals surface area contributed by atoms with E-state index >= 15 is 0 Å². The lowest BCUT2D eigenvalue weighted by molar-refractivity contribution is -0.137. The molecular weight excluding hydrogens is 236 g/mol. The first kappa shape index (κ1) is 13.6. The lowest BCUT2D eigenvalue weighted by atomic mass is 10.1. The summed E-state index contributed by atoms with van der Waals surface area (Å²) >= 11 is 0. The third-order valence-electron chi connectivity index (χ3n) is 1.98. The number of hydrogen-bond acceptors (Lipinski definition) is 3. The van der Waals surface area contributed by atoms with Gasteiger partial charge in [0.1, 0.15) is 6.54 Å². The van der Waals surface area contributed by atoms with Crippen molar-refractivity contribution in [2.45, 2.75) is 25.9 Å². The first-order valence-electron chi connectivity index (χ1n) is 5.13. The van der Waals surface area contributed by atoms with E-state index < -0.39 is 17.5 Å². The number of terminal acetylenes is 1. The van der Waals surface area contributed by atoms with Gasteiger partial charge < -0.3 is 15.7 Å². The van der Waals surface area contributed by atoms with Gasteiger partial charge >= 0.3 is 12.0 Å². The fourth-order valence-electron chi connectivity index (χ4n) is 1.14. The molecule has 1 rings (SSSR count). The van der Waals surface area contributed by atoms with Crippen LogP contribution < -0.4 is 10.6 Å². The zero-order valence-electron chi connectivity index (χ0n) is 10.1. The van der Waals surface area contributed by atoms with Crippen LogP contribution in [0.25, 0.3) is 0 Å². The molecule has 1 heterocycles. The van der Waals surface area contributed by atoms with Gasteiger partial charge in [-0.05, 0) is 13.8 Å². The zero-order chi connectivity index (χ0) is 13.8. The molecule has 3 N–H and O–H groups in total. The van der Waals surface area contributed by atoms with Crippen molar-refractivity contribution in [3.63, 3.8) is 0 Å². The van der Waals surface area contributed by atoms with Crippen LogP contribution in [0.3, 0.4) is 0 Å². The Balaban J connectivity index is 2.58. The van der Waals surface area contributed by atoms with E-state index in [4.69, 9.17) is 11.5 Å². The van der Waals surface area contributed by atoms with Crippen LogP contribution in [0.4, 0.5) is 10.5 Å². The summed E-state index contributed by atoms with van der Waals surface area (Å²) in [5.41, 5.74) is -0.372. The minimum atomic E-state index is -1.01. The van der Waals surface area contributed by atoms with Gasteiger partial charge in [0.15, 0.2) is 0 Å². The molecule has 18 heavy (non-hydrogen) atoms. The van der Waals surface area contributed by atoms with Gasteiger partial charge in [-0.15, -0.1) is 6.42 Å². The Bertz CT molecular complexity index is 499. The molecule has 0 radical (unpaired) electrons. The van der Waals surface area contributed by atoms with E-state index in [0.717, 1.165) is 0 Å². The first-order chi connectivity index (χ1) is 8.32. The van der Waals surface area contributed by atoms with E-state index in [9.17, 15) is 9.59 Å². The molecule has 7 nitrogen and oxygen atoms in total. The Morgan fingerprint density at radius 2 is 2.28 bits per heavy atom. The Hall–Kier alpha value is -2.49. The molecule has 0 fully saturated rings.